The van der Waals surface area contributed by atoms with Gasteiger partial charge in [-0.25, -0.2) is 19.7 Å². The molecule has 0 bridgehead atoms. The Bertz CT molecular complexity index is 1260. The topological polar surface area (TPSA) is 106 Å². The number of pyridine rings is 1. The predicted molar refractivity (Wildman–Crippen MR) is 141 cm³/mol. The number of nitrogens with one attached hydrogen (secondary N) is 1. The minimum absolute atomic E-state index is 0.190. The first kappa shape index (κ1) is 24.4. The zero-order chi connectivity index (χ0) is 25.2. The standard InChI is InChI=1S/C28H36N6O2/c1-4-18-9-11-20(12-10-18)16-34-23-24(30-17(3)21-7-6-8-21)31-26(28(35)36)32-25(23)33-27(34)22-15-19(5-2)13-14-29-22/h4,13-15,17-18,20-21H,1,5-12,16H2,2-3H3,(H,35,36)(H,30,31,32). The first-order valence-electron chi connectivity index (χ1n) is 13.3. The fourth-order valence-electron chi connectivity index (χ4n) is 5.56. The third kappa shape index (κ3) is 4.86. The molecule has 190 valence electrons. The molecule has 0 radical (unpaired) electrons. The molecule has 3 aromatic rings. The highest BCUT2D eigenvalue weighted by Gasteiger charge is 2.29. The number of carboxylic acids is 1. The highest BCUT2D eigenvalue weighted by molar-refractivity contribution is 5.92. The quantitative estimate of drug-likeness (QED) is 0.370. The van der Waals surface area contributed by atoms with Crippen molar-refractivity contribution in [3.05, 3.63) is 42.4 Å². The molecule has 36 heavy (non-hydrogen) atoms. The number of fused-ring (bicyclic) bond motifs is 1. The molecule has 1 atom stereocenters. The maximum atomic E-state index is 11.9. The molecule has 1 unspecified atom stereocenters. The monoisotopic (exact) mass is 488 g/mol. The van der Waals surface area contributed by atoms with Crippen LogP contribution < -0.4 is 5.32 Å². The summed E-state index contributed by atoms with van der Waals surface area (Å²) < 4.78 is 2.19. The van der Waals surface area contributed by atoms with Crippen LogP contribution in [0.1, 0.15) is 75.0 Å². The molecule has 2 fully saturated rings. The normalized spacial score (nSPS) is 21.2. The average molecular weight is 489 g/mol. The lowest BCUT2D eigenvalue weighted by molar-refractivity contribution is 0.0684. The van der Waals surface area contributed by atoms with Crippen LogP contribution in [0.15, 0.2) is 31.0 Å². The molecule has 2 saturated carbocycles. The van der Waals surface area contributed by atoms with Crippen LogP contribution in [0.4, 0.5) is 5.82 Å². The first-order valence-corrected chi connectivity index (χ1v) is 13.3. The Morgan fingerprint density at radius 1 is 1.22 bits per heavy atom. The van der Waals surface area contributed by atoms with Crippen molar-refractivity contribution in [1.82, 2.24) is 24.5 Å². The number of carbonyl (C=O) groups is 1. The Hall–Kier alpha value is -3.29. The van der Waals surface area contributed by atoms with Gasteiger partial charge in [0.2, 0.25) is 5.82 Å². The summed E-state index contributed by atoms with van der Waals surface area (Å²) in [6.07, 6.45) is 12.9. The molecule has 2 N–H and O–H groups in total. The van der Waals surface area contributed by atoms with Crippen LogP contribution in [0.25, 0.3) is 22.7 Å². The van der Waals surface area contributed by atoms with Gasteiger partial charge in [0.25, 0.3) is 0 Å². The smallest absolute Gasteiger partial charge is 0.374 e. The lowest BCUT2D eigenvalue weighted by atomic mass is 9.80. The van der Waals surface area contributed by atoms with E-state index in [1.165, 1.54) is 24.8 Å². The Morgan fingerprint density at radius 2 is 2.00 bits per heavy atom. The van der Waals surface area contributed by atoms with Gasteiger partial charge >= 0.3 is 5.97 Å². The van der Waals surface area contributed by atoms with Gasteiger partial charge in [-0.05, 0) is 87.3 Å². The first-order chi connectivity index (χ1) is 17.5. The summed E-state index contributed by atoms with van der Waals surface area (Å²) >= 11 is 0. The van der Waals surface area contributed by atoms with E-state index in [2.05, 4.69) is 57.4 Å². The minimum atomic E-state index is -1.15. The van der Waals surface area contributed by atoms with Crippen molar-refractivity contribution < 1.29 is 9.90 Å². The number of aromatic carboxylic acids is 1. The number of aromatic nitrogens is 5. The molecule has 5 rings (SSSR count). The summed E-state index contributed by atoms with van der Waals surface area (Å²) in [5, 5.41) is 13.3. The van der Waals surface area contributed by atoms with E-state index in [1.807, 2.05) is 12.3 Å². The van der Waals surface area contributed by atoms with Gasteiger partial charge in [0.05, 0.1) is 0 Å². The van der Waals surface area contributed by atoms with E-state index in [9.17, 15) is 9.90 Å². The number of anilines is 1. The fourth-order valence-corrected chi connectivity index (χ4v) is 5.56. The van der Waals surface area contributed by atoms with Crippen LogP contribution in [0.5, 0.6) is 0 Å². The van der Waals surface area contributed by atoms with Crippen molar-refractivity contribution in [2.75, 3.05) is 5.32 Å². The molecular formula is C28H36N6O2. The van der Waals surface area contributed by atoms with Gasteiger partial charge in [-0.2, -0.15) is 0 Å². The van der Waals surface area contributed by atoms with Crippen molar-refractivity contribution >= 4 is 23.0 Å². The maximum Gasteiger partial charge on any atom is 0.374 e. The second kappa shape index (κ2) is 10.4. The summed E-state index contributed by atoms with van der Waals surface area (Å²) in [6, 6.07) is 4.28. The van der Waals surface area contributed by atoms with Gasteiger partial charge in [-0.3, -0.25) is 4.98 Å². The molecule has 2 aliphatic carbocycles. The van der Waals surface area contributed by atoms with Crippen molar-refractivity contribution in [1.29, 1.82) is 0 Å². The van der Waals surface area contributed by atoms with Gasteiger partial charge < -0.3 is 15.0 Å². The van der Waals surface area contributed by atoms with Crippen LogP contribution in [0, 0.1) is 17.8 Å². The van der Waals surface area contributed by atoms with Crippen molar-refractivity contribution in [2.45, 2.75) is 77.8 Å². The van der Waals surface area contributed by atoms with E-state index in [1.54, 1.807) is 0 Å². The molecule has 3 heterocycles. The molecule has 3 aromatic heterocycles. The second-order valence-electron chi connectivity index (χ2n) is 10.5. The molecule has 8 heteroatoms. The summed E-state index contributed by atoms with van der Waals surface area (Å²) in [4.78, 5) is 30.3. The van der Waals surface area contributed by atoms with Crippen LogP contribution in [-0.4, -0.2) is 41.6 Å². The lowest BCUT2D eigenvalue weighted by Gasteiger charge is -2.32. The molecule has 0 spiro atoms. The molecule has 0 saturated heterocycles. The number of imidazole rings is 1. The Kier molecular flexibility index (Phi) is 7.03. The van der Waals surface area contributed by atoms with E-state index >= 15 is 0 Å². The predicted octanol–water partition coefficient (Wildman–Crippen LogP) is 5.74. The highest BCUT2D eigenvalue weighted by Crippen LogP contribution is 2.36. The molecule has 8 nitrogen and oxygen atoms in total. The zero-order valence-electron chi connectivity index (χ0n) is 21.3. The molecule has 0 aromatic carbocycles. The SMILES string of the molecule is C=CC1CCC(Cn2c(-c3cc(CC)ccn3)nc3nc(C(=O)O)nc(NC(C)C4CCC4)c32)CC1. The third-order valence-corrected chi connectivity index (χ3v) is 8.14. The second-order valence-corrected chi connectivity index (χ2v) is 10.5. The Morgan fingerprint density at radius 3 is 2.64 bits per heavy atom. The summed E-state index contributed by atoms with van der Waals surface area (Å²) in [5.74, 6) is 1.54. The van der Waals surface area contributed by atoms with Gasteiger partial charge in [-0.1, -0.05) is 19.4 Å². The van der Waals surface area contributed by atoms with Crippen molar-refractivity contribution in [3.8, 4) is 11.5 Å². The Balaban J connectivity index is 1.63. The van der Waals surface area contributed by atoms with Gasteiger partial charge in [0, 0.05) is 18.8 Å². The largest absolute Gasteiger partial charge is 0.475 e. The van der Waals surface area contributed by atoms with E-state index in [0.717, 1.165) is 55.7 Å². The van der Waals surface area contributed by atoms with Gasteiger partial charge in [0.15, 0.2) is 17.3 Å². The van der Waals surface area contributed by atoms with Crippen LogP contribution in [0.3, 0.4) is 0 Å². The lowest BCUT2D eigenvalue weighted by Crippen LogP contribution is -2.31. The summed E-state index contributed by atoms with van der Waals surface area (Å²) in [5.41, 5.74) is 3.14. The number of aryl methyl sites for hydroxylation is 1. The van der Waals surface area contributed by atoms with E-state index < -0.39 is 5.97 Å². The highest BCUT2D eigenvalue weighted by atomic mass is 16.4. The fraction of sp³-hybridized carbons (Fsp3) is 0.536. The minimum Gasteiger partial charge on any atom is -0.475 e. The molecule has 0 amide bonds. The van der Waals surface area contributed by atoms with Crippen molar-refractivity contribution in [3.63, 3.8) is 0 Å². The average Bonchev–Trinajstić information content (AvgIpc) is 3.22. The van der Waals surface area contributed by atoms with Crippen LogP contribution >= 0.6 is 0 Å². The number of nitrogens with zero attached hydrogens (tertiary/aromatic N) is 5. The Labute approximate surface area is 212 Å². The van der Waals surface area contributed by atoms with E-state index in [4.69, 9.17) is 4.98 Å². The summed E-state index contributed by atoms with van der Waals surface area (Å²) in [6.45, 7) is 9.04. The summed E-state index contributed by atoms with van der Waals surface area (Å²) in [7, 11) is 0. The van der Waals surface area contributed by atoms with Gasteiger partial charge in [-0.15, -0.1) is 6.58 Å². The number of rotatable bonds is 9. The van der Waals surface area contributed by atoms with Gasteiger partial charge in [0.1, 0.15) is 11.2 Å². The third-order valence-electron chi connectivity index (χ3n) is 8.14. The maximum absolute atomic E-state index is 11.9. The molecule has 0 aliphatic heterocycles. The van der Waals surface area contributed by atoms with Crippen molar-refractivity contribution in [2.24, 2.45) is 17.8 Å². The van der Waals surface area contributed by atoms with Crippen LogP contribution in [-0.2, 0) is 13.0 Å². The number of carboxylic acid groups (broad SMARTS) is 1. The molecular weight excluding hydrogens is 452 g/mol. The van der Waals surface area contributed by atoms with E-state index in [0.29, 0.717) is 29.2 Å². The van der Waals surface area contributed by atoms with Crippen LogP contribution in [0.2, 0.25) is 0 Å². The molecule has 2 aliphatic rings. The van der Waals surface area contributed by atoms with E-state index in [-0.39, 0.29) is 11.9 Å². The number of hydrogen-bond acceptors (Lipinski definition) is 6. The number of allylic oxidation sites excluding steroid dienone is 1. The number of hydrogen-bond donors (Lipinski definition) is 2. The zero-order valence-corrected chi connectivity index (χ0v) is 21.3.